The number of alkyl halides is 3. The van der Waals surface area contributed by atoms with Crippen LogP contribution in [0.4, 0.5) is 35.2 Å². The molecular formula is C24H27ClF3N9O2. The molecule has 39 heavy (non-hydrogen) atoms. The molecule has 208 valence electrons. The molecule has 3 heterocycles. The molecule has 0 spiro atoms. The maximum atomic E-state index is 13.1. The van der Waals surface area contributed by atoms with E-state index in [0.29, 0.717) is 48.9 Å². The standard InChI is InChI=1S/C24H27ClF3N9O2/c25-19-9-16(7-8-29-19)34-22(38)18-11-30-21-17(32-13-1-2-13)10-20(36-37(18)21)33-14-3-5-15(6-4-14)35-23(39)31-12-24(26,27)28/h7-11,13-15,32H,1-6,12H2,(H,33,36)(H,29,34,38)(H2,31,35,39). The summed E-state index contributed by atoms with van der Waals surface area (Å²) >= 11 is 5.93. The number of urea groups is 1. The first-order chi connectivity index (χ1) is 18.6. The predicted octanol–water partition coefficient (Wildman–Crippen LogP) is 4.19. The van der Waals surface area contributed by atoms with Crippen LogP contribution in [0.3, 0.4) is 0 Å². The number of imidazole rings is 1. The molecule has 2 aliphatic carbocycles. The number of carbonyl (C=O) groups is 2. The lowest BCUT2D eigenvalue weighted by molar-refractivity contribution is -0.122. The summed E-state index contributed by atoms with van der Waals surface area (Å²) in [5.41, 5.74) is 1.98. The Morgan fingerprint density at radius 1 is 1.00 bits per heavy atom. The summed E-state index contributed by atoms with van der Waals surface area (Å²) in [5, 5.41) is 18.9. The smallest absolute Gasteiger partial charge is 0.379 e. The summed E-state index contributed by atoms with van der Waals surface area (Å²) in [4.78, 5) is 33.2. The van der Waals surface area contributed by atoms with E-state index in [-0.39, 0.29) is 22.9 Å². The number of hydrogen-bond acceptors (Lipinski definition) is 7. The highest BCUT2D eigenvalue weighted by Crippen LogP contribution is 2.30. The number of nitrogens with one attached hydrogen (secondary N) is 5. The summed E-state index contributed by atoms with van der Waals surface area (Å²) in [6.07, 6.45) is 3.13. The monoisotopic (exact) mass is 565 g/mol. The molecule has 2 saturated carbocycles. The van der Waals surface area contributed by atoms with Crippen molar-refractivity contribution in [2.45, 2.75) is 62.8 Å². The number of aromatic nitrogens is 4. The normalized spacial score (nSPS) is 19.4. The summed E-state index contributed by atoms with van der Waals surface area (Å²) in [7, 11) is 0. The highest BCUT2D eigenvalue weighted by molar-refractivity contribution is 6.29. The van der Waals surface area contributed by atoms with Gasteiger partial charge >= 0.3 is 12.2 Å². The van der Waals surface area contributed by atoms with E-state index in [9.17, 15) is 22.8 Å². The fourth-order valence-corrected chi connectivity index (χ4v) is 4.61. The van der Waals surface area contributed by atoms with E-state index in [2.05, 4.69) is 36.3 Å². The van der Waals surface area contributed by atoms with Crippen molar-refractivity contribution in [3.8, 4) is 0 Å². The van der Waals surface area contributed by atoms with Crippen LogP contribution in [-0.4, -0.2) is 62.4 Å². The van der Waals surface area contributed by atoms with Crippen LogP contribution in [0, 0.1) is 0 Å². The zero-order valence-electron chi connectivity index (χ0n) is 20.7. The van der Waals surface area contributed by atoms with Gasteiger partial charge in [-0.2, -0.15) is 13.2 Å². The number of fused-ring (bicyclic) bond motifs is 1. The van der Waals surface area contributed by atoms with Crippen LogP contribution in [0.5, 0.6) is 0 Å². The molecule has 0 unspecified atom stereocenters. The molecule has 0 aliphatic heterocycles. The summed E-state index contributed by atoms with van der Waals surface area (Å²) in [6, 6.07) is 4.34. The molecular weight excluding hydrogens is 539 g/mol. The fourth-order valence-electron chi connectivity index (χ4n) is 4.43. The predicted molar refractivity (Wildman–Crippen MR) is 139 cm³/mol. The molecule has 0 bridgehead atoms. The number of anilines is 3. The van der Waals surface area contributed by atoms with E-state index in [1.54, 1.807) is 6.07 Å². The second-order valence-electron chi connectivity index (χ2n) is 9.70. The molecule has 2 aliphatic rings. The number of rotatable bonds is 8. The van der Waals surface area contributed by atoms with E-state index >= 15 is 0 Å². The first-order valence-electron chi connectivity index (χ1n) is 12.6. The van der Waals surface area contributed by atoms with Gasteiger partial charge in [0, 0.05) is 36.1 Å². The molecule has 0 radical (unpaired) electrons. The van der Waals surface area contributed by atoms with Crippen LogP contribution < -0.4 is 26.6 Å². The Bertz CT molecular complexity index is 1350. The first kappa shape index (κ1) is 26.8. The van der Waals surface area contributed by atoms with E-state index in [4.69, 9.17) is 11.6 Å². The van der Waals surface area contributed by atoms with Crippen LogP contribution in [0.25, 0.3) is 5.65 Å². The zero-order chi connectivity index (χ0) is 27.6. The van der Waals surface area contributed by atoms with Crippen molar-refractivity contribution < 1.29 is 22.8 Å². The lowest BCUT2D eigenvalue weighted by atomic mass is 9.91. The minimum absolute atomic E-state index is 0.0276. The molecule has 15 heteroatoms. The van der Waals surface area contributed by atoms with Gasteiger partial charge in [-0.25, -0.2) is 19.3 Å². The largest absolute Gasteiger partial charge is 0.405 e. The van der Waals surface area contributed by atoms with E-state index < -0.39 is 24.7 Å². The molecule has 3 aromatic heterocycles. The van der Waals surface area contributed by atoms with E-state index in [0.717, 1.165) is 18.5 Å². The maximum Gasteiger partial charge on any atom is 0.405 e. The number of amides is 3. The van der Waals surface area contributed by atoms with Crippen LogP contribution in [0.2, 0.25) is 5.15 Å². The summed E-state index contributed by atoms with van der Waals surface area (Å²) in [6.45, 7) is -1.37. The lowest BCUT2D eigenvalue weighted by Gasteiger charge is -2.30. The highest BCUT2D eigenvalue weighted by atomic mass is 35.5. The Balaban J connectivity index is 1.26. The van der Waals surface area contributed by atoms with Crippen molar-refractivity contribution >= 4 is 46.4 Å². The van der Waals surface area contributed by atoms with E-state index in [1.165, 1.54) is 23.0 Å². The van der Waals surface area contributed by atoms with Gasteiger partial charge in [-0.15, -0.1) is 5.10 Å². The molecule has 5 N–H and O–H groups in total. The average molecular weight is 566 g/mol. The SMILES string of the molecule is O=C(NCC(F)(F)F)NC1CCC(Nc2cc(NC3CC3)c3ncc(C(=O)Nc4ccnc(Cl)c4)n3n2)CC1. The molecule has 0 aromatic carbocycles. The fraction of sp³-hybridized carbons (Fsp3) is 0.458. The lowest BCUT2D eigenvalue weighted by Crippen LogP contribution is -2.47. The van der Waals surface area contributed by atoms with Crippen LogP contribution in [0.15, 0.2) is 30.6 Å². The second-order valence-corrected chi connectivity index (χ2v) is 10.1. The minimum Gasteiger partial charge on any atom is -0.379 e. The zero-order valence-corrected chi connectivity index (χ0v) is 21.4. The number of carbonyl (C=O) groups excluding carboxylic acids is 2. The average Bonchev–Trinajstić information content (AvgIpc) is 3.58. The van der Waals surface area contributed by atoms with Crippen molar-refractivity contribution in [1.82, 2.24) is 30.2 Å². The van der Waals surface area contributed by atoms with Crippen LogP contribution >= 0.6 is 11.6 Å². The van der Waals surface area contributed by atoms with E-state index in [1.807, 2.05) is 11.4 Å². The maximum absolute atomic E-state index is 13.1. The Kier molecular flexibility index (Phi) is 7.64. The number of halogens is 4. The van der Waals surface area contributed by atoms with Crippen molar-refractivity contribution in [3.63, 3.8) is 0 Å². The van der Waals surface area contributed by atoms with Crippen molar-refractivity contribution in [3.05, 3.63) is 41.4 Å². The Morgan fingerprint density at radius 2 is 1.69 bits per heavy atom. The van der Waals surface area contributed by atoms with Crippen LogP contribution in [0.1, 0.15) is 49.0 Å². The summed E-state index contributed by atoms with van der Waals surface area (Å²) in [5.74, 6) is 0.131. The Labute approximate surface area is 226 Å². The number of pyridine rings is 1. The first-order valence-corrected chi connectivity index (χ1v) is 13.0. The van der Waals surface area contributed by atoms with Gasteiger partial charge in [-0.3, -0.25) is 4.79 Å². The molecule has 3 aromatic rings. The molecule has 0 atom stereocenters. The van der Waals surface area contributed by atoms with Gasteiger partial charge < -0.3 is 26.6 Å². The molecule has 2 fully saturated rings. The Hall–Kier alpha value is -3.81. The minimum atomic E-state index is -4.46. The Morgan fingerprint density at radius 3 is 2.38 bits per heavy atom. The molecule has 5 rings (SSSR count). The molecule has 0 saturated heterocycles. The third-order valence-corrected chi connectivity index (χ3v) is 6.69. The molecule has 3 amide bonds. The highest BCUT2D eigenvalue weighted by Gasteiger charge is 2.29. The summed E-state index contributed by atoms with van der Waals surface area (Å²) < 4.78 is 38.4. The van der Waals surface area contributed by atoms with Crippen molar-refractivity contribution in [2.24, 2.45) is 0 Å². The van der Waals surface area contributed by atoms with Crippen molar-refractivity contribution in [2.75, 3.05) is 22.5 Å². The van der Waals surface area contributed by atoms with Gasteiger partial charge in [0.05, 0.1) is 11.9 Å². The van der Waals surface area contributed by atoms with Gasteiger partial charge in [-0.05, 0) is 50.7 Å². The third-order valence-electron chi connectivity index (χ3n) is 6.49. The van der Waals surface area contributed by atoms with Gasteiger partial charge in [0.2, 0.25) is 0 Å². The van der Waals surface area contributed by atoms with Gasteiger partial charge in [0.15, 0.2) is 11.3 Å². The van der Waals surface area contributed by atoms with Crippen LogP contribution in [-0.2, 0) is 0 Å². The van der Waals surface area contributed by atoms with Crippen molar-refractivity contribution in [1.29, 1.82) is 0 Å². The molecule has 11 nitrogen and oxygen atoms in total. The van der Waals surface area contributed by atoms with Gasteiger partial charge in [-0.1, -0.05) is 11.6 Å². The third kappa shape index (κ3) is 7.19. The second kappa shape index (κ2) is 11.1. The van der Waals surface area contributed by atoms with Gasteiger partial charge in [0.1, 0.15) is 17.5 Å². The quantitative estimate of drug-likeness (QED) is 0.258. The van der Waals surface area contributed by atoms with Gasteiger partial charge in [0.25, 0.3) is 5.91 Å². The topological polar surface area (TPSA) is 137 Å². The number of nitrogens with zero attached hydrogens (tertiary/aromatic N) is 4. The number of hydrogen-bond donors (Lipinski definition) is 5.